The summed E-state index contributed by atoms with van der Waals surface area (Å²) in [5.41, 5.74) is 5.71. The fraction of sp³-hybridized carbons (Fsp3) is 0.176. The number of aromatic nitrogens is 3. The molecule has 272 valence electrons. The van der Waals surface area contributed by atoms with Gasteiger partial charge in [0, 0.05) is 35.3 Å². The Bertz CT molecular complexity index is 3280. The Kier molecular flexibility index (Phi) is 5.93. The first-order valence-electron chi connectivity index (χ1n) is 24.5. The van der Waals surface area contributed by atoms with E-state index in [1.807, 2.05) is 49.4 Å². The molecule has 8 rings (SSSR count). The Labute approximate surface area is 343 Å². The number of aromatic hydroxyl groups is 1. The number of rotatable bonds is 6. The molecule has 0 atom stereocenters. The molecular formula is C51H47N3O. The van der Waals surface area contributed by atoms with E-state index < -0.39 is 55.7 Å². The third-order valence-electron chi connectivity index (χ3n) is 9.92. The topological polar surface area (TPSA) is 50.9 Å². The van der Waals surface area contributed by atoms with Crippen LogP contribution in [0.25, 0.3) is 72.7 Å². The second kappa shape index (κ2) is 13.9. The first kappa shape index (κ1) is 23.5. The summed E-state index contributed by atoms with van der Waals surface area (Å²) in [5.74, 6) is 0.241. The van der Waals surface area contributed by atoms with Crippen molar-refractivity contribution in [2.75, 3.05) is 0 Å². The van der Waals surface area contributed by atoms with Crippen LogP contribution in [0.15, 0.2) is 133 Å². The highest BCUT2D eigenvalue weighted by molar-refractivity contribution is 5.97. The van der Waals surface area contributed by atoms with Gasteiger partial charge in [0.1, 0.15) is 11.6 Å². The fourth-order valence-corrected chi connectivity index (χ4v) is 7.07. The molecule has 0 bridgehead atoms. The van der Waals surface area contributed by atoms with Crippen LogP contribution >= 0.6 is 0 Å². The van der Waals surface area contributed by atoms with Gasteiger partial charge >= 0.3 is 0 Å². The van der Waals surface area contributed by atoms with Crippen molar-refractivity contribution < 1.29 is 22.9 Å². The number of aryl methyl sites for hydroxylation is 3. The zero-order valence-electron chi connectivity index (χ0n) is 44.2. The average molecular weight is 731 g/mol. The molecule has 0 saturated carbocycles. The molecular weight excluding hydrogens is 671 g/mol. The molecule has 1 N–H and O–H groups in total. The number of hydrogen-bond donors (Lipinski definition) is 1. The quantitative estimate of drug-likeness (QED) is 0.185. The van der Waals surface area contributed by atoms with Crippen molar-refractivity contribution in [3.63, 3.8) is 0 Å². The summed E-state index contributed by atoms with van der Waals surface area (Å²) in [5, 5.41) is 11.7. The summed E-state index contributed by atoms with van der Waals surface area (Å²) in [7, 11) is 0. The van der Waals surface area contributed by atoms with Gasteiger partial charge in [-0.3, -0.25) is 9.55 Å². The van der Waals surface area contributed by atoms with E-state index in [1.54, 1.807) is 66.1 Å². The highest BCUT2D eigenvalue weighted by atomic mass is 16.3. The number of imidazole rings is 1. The number of fused-ring (bicyclic) bond motifs is 1. The summed E-state index contributed by atoms with van der Waals surface area (Å²) >= 11 is 0. The Morgan fingerprint density at radius 1 is 0.636 bits per heavy atom. The normalized spacial score (nSPS) is 15.8. The summed E-state index contributed by atoms with van der Waals surface area (Å²) in [6.07, 6.45) is 1.50. The van der Waals surface area contributed by atoms with Gasteiger partial charge in [-0.2, -0.15) is 0 Å². The lowest BCUT2D eigenvalue weighted by atomic mass is 9.83. The van der Waals surface area contributed by atoms with Gasteiger partial charge in [0.05, 0.1) is 27.8 Å². The molecule has 0 saturated heterocycles. The zero-order valence-corrected chi connectivity index (χ0v) is 31.2. The molecule has 2 heterocycles. The number of benzene rings is 6. The number of para-hydroxylation sites is 1. The molecule has 0 amide bonds. The van der Waals surface area contributed by atoms with Crippen molar-refractivity contribution in [3.8, 4) is 67.5 Å². The highest BCUT2D eigenvalue weighted by Gasteiger charge is 2.24. The minimum absolute atomic E-state index is 0.0371. The summed E-state index contributed by atoms with van der Waals surface area (Å²) in [4.78, 5) is 9.96. The van der Waals surface area contributed by atoms with E-state index in [4.69, 9.17) is 22.8 Å². The first-order valence-corrected chi connectivity index (χ1v) is 18.0. The highest BCUT2D eigenvalue weighted by Crippen LogP contribution is 2.42. The van der Waals surface area contributed by atoms with Gasteiger partial charge in [-0.15, -0.1) is 0 Å². The van der Waals surface area contributed by atoms with Crippen LogP contribution in [0.5, 0.6) is 5.75 Å². The fourth-order valence-electron chi connectivity index (χ4n) is 7.07. The van der Waals surface area contributed by atoms with Gasteiger partial charge in [-0.1, -0.05) is 105 Å². The van der Waals surface area contributed by atoms with E-state index >= 15 is 0 Å². The van der Waals surface area contributed by atoms with Crippen LogP contribution in [0.2, 0.25) is 0 Å². The van der Waals surface area contributed by atoms with Crippen LogP contribution in [-0.4, -0.2) is 19.6 Å². The van der Waals surface area contributed by atoms with Crippen molar-refractivity contribution in [1.82, 2.24) is 14.5 Å². The molecule has 8 aromatic rings. The Hall–Kier alpha value is -6.26. The van der Waals surface area contributed by atoms with Crippen LogP contribution in [0.3, 0.4) is 0 Å². The third-order valence-corrected chi connectivity index (χ3v) is 9.92. The predicted molar refractivity (Wildman–Crippen MR) is 230 cm³/mol. The average Bonchev–Trinajstić information content (AvgIpc) is 3.65. The van der Waals surface area contributed by atoms with E-state index in [0.717, 1.165) is 11.1 Å². The van der Waals surface area contributed by atoms with Gasteiger partial charge in [0.15, 0.2) is 0 Å². The summed E-state index contributed by atoms with van der Waals surface area (Å²) < 4.78 is 112. The Morgan fingerprint density at radius 3 is 2.18 bits per heavy atom. The van der Waals surface area contributed by atoms with E-state index in [0.29, 0.717) is 61.4 Å². The first-order chi connectivity index (χ1) is 31.7. The van der Waals surface area contributed by atoms with Crippen LogP contribution < -0.4 is 0 Å². The zero-order chi connectivity index (χ0) is 49.6. The molecule has 4 nitrogen and oxygen atoms in total. The molecule has 0 unspecified atom stereocenters. The van der Waals surface area contributed by atoms with Crippen molar-refractivity contribution in [3.05, 3.63) is 167 Å². The summed E-state index contributed by atoms with van der Waals surface area (Å²) in [6.45, 7) is 1.33. The van der Waals surface area contributed by atoms with E-state index in [9.17, 15) is 5.11 Å². The second-order valence-electron chi connectivity index (χ2n) is 14.9. The monoisotopic (exact) mass is 730 g/mol. The van der Waals surface area contributed by atoms with Crippen LogP contribution in [0.1, 0.15) is 72.0 Å². The maximum absolute atomic E-state index is 11.7. The number of nitrogens with zero attached hydrogens (tertiary/aromatic N) is 3. The van der Waals surface area contributed by atoms with Crippen LogP contribution in [0, 0.1) is 34.4 Å². The minimum Gasteiger partial charge on any atom is -0.507 e. The maximum Gasteiger partial charge on any atom is 0.149 e. The lowest BCUT2D eigenvalue weighted by Crippen LogP contribution is -2.11. The van der Waals surface area contributed by atoms with E-state index in [-0.39, 0.29) is 33.8 Å². The van der Waals surface area contributed by atoms with Crippen molar-refractivity contribution in [2.45, 2.75) is 60.6 Å². The molecule has 0 aliphatic rings. The molecule has 4 heteroatoms. The molecule has 0 aliphatic heterocycles. The minimum atomic E-state index is -2.86. The third kappa shape index (κ3) is 6.74. The van der Waals surface area contributed by atoms with Gasteiger partial charge in [-0.05, 0) is 144 Å². The molecule has 0 spiro atoms. The molecule has 0 radical (unpaired) electrons. The number of pyridine rings is 1. The van der Waals surface area contributed by atoms with Crippen molar-refractivity contribution >= 4 is 11.0 Å². The molecule has 55 heavy (non-hydrogen) atoms. The van der Waals surface area contributed by atoms with E-state index in [2.05, 4.69) is 25.8 Å². The standard InChI is InChI=1S/C51H47N3O/c1-31-17-19-36(20-18-31)38-21-22-52-46(29-38)40-26-39(27-41(28-40)51(6,7)8)43-15-12-16-47-48(43)53-50(45-24-32(2)23-34(4)49(45)55)54(47)42-25-33(3)35(5)44(30-42)37-13-10-9-11-14-37/h9-30,55H,1-8H3/i1D3,3D3,5D3,17D,18D,19D,20D. The summed E-state index contributed by atoms with van der Waals surface area (Å²) in [6, 6.07) is 27.9. The van der Waals surface area contributed by atoms with Gasteiger partial charge in [0.2, 0.25) is 0 Å². The van der Waals surface area contributed by atoms with Gasteiger partial charge in [-0.25, -0.2) is 4.98 Å². The Balaban J connectivity index is 1.42. The van der Waals surface area contributed by atoms with E-state index in [1.165, 1.54) is 12.3 Å². The molecule has 0 aliphatic carbocycles. The van der Waals surface area contributed by atoms with Gasteiger partial charge in [0.25, 0.3) is 0 Å². The SMILES string of the molecule is [2H]c1c([2H])c(C([2H])([2H])[2H])c([2H])c([2H])c1-c1ccnc(-c2cc(-c3cccc4c3nc(-c3cc(C)cc(C)c3O)n4-c3cc(-c4ccccc4)c(C([2H])([2H])[2H])c(C([2H])([2H])[2H])c3)cc(C(C)(C)C)c2)c1. The molecule has 2 aromatic heterocycles. The molecule has 6 aromatic carbocycles. The van der Waals surface area contributed by atoms with Crippen LogP contribution in [-0.2, 0) is 5.41 Å². The predicted octanol–water partition coefficient (Wildman–Crippen LogP) is 13.3. The number of phenols is 1. The number of hydrogen-bond acceptors (Lipinski definition) is 3. The second-order valence-corrected chi connectivity index (χ2v) is 14.9. The Morgan fingerprint density at radius 2 is 1.44 bits per heavy atom. The van der Waals surface area contributed by atoms with Crippen molar-refractivity contribution in [1.29, 1.82) is 0 Å². The largest absolute Gasteiger partial charge is 0.507 e. The number of phenolic OH excluding ortho intramolecular Hbond substituents is 1. The van der Waals surface area contributed by atoms with Gasteiger partial charge < -0.3 is 5.11 Å². The smallest absolute Gasteiger partial charge is 0.149 e. The van der Waals surface area contributed by atoms with Crippen LogP contribution in [0.4, 0.5) is 0 Å². The maximum atomic E-state index is 11.7. The molecule has 0 fully saturated rings. The van der Waals surface area contributed by atoms with Crippen molar-refractivity contribution in [2.24, 2.45) is 0 Å². The lowest BCUT2D eigenvalue weighted by molar-refractivity contribution is 0.472. The lowest BCUT2D eigenvalue weighted by Gasteiger charge is -2.22.